The van der Waals surface area contributed by atoms with Gasteiger partial charge in [-0.05, 0) is 42.9 Å². The summed E-state index contributed by atoms with van der Waals surface area (Å²) in [7, 11) is -0.208. The van der Waals surface area contributed by atoms with E-state index in [0.717, 1.165) is 18.8 Å². The molecular formula is C15H28BNO2. The molecule has 4 rings (SSSR count). The molecule has 0 aromatic carbocycles. The van der Waals surface area contributed by atoms with Crippen LogP contribution in [0.25, 0.3) is 0 Å². The van der Waals surface area contributed by atoms with E-state index in [1.807, 2.05) is 0 Å². The lowest BCUT2D eigenvalue weighted by Gasteiger charge is -2.64. The maximum absolute atomic E-state index is 6.38. The Hall–Kier alpha value is -0.0551. The van der Waals surface area contributed by atoms with Gasteiger partial charge in [0.1, 0.15) is 0 Å². The van der Waals surface area contributed by atoms with Gasteiger partial charge in [-0.3, -0.25) is 0 Å². The van der Waals surface area contributed by atoms with Gasteiger partial charge in [-0.15, -0.1) is 0 Å². The van der Waals surface area contributed by atoms with Crippen molar-refractivity contribution in [2.24, 2.45) is 28.9 Å². The summed E-state index contributed by atoms with van der Waals surface area (Å²) >= 11 is 0. The molecule has 4 aliphatic rings. The van der Waals surface area contributed by atoms with Crippen molar-refractivity contribution in [1.82, 2.24) is 0 Å². The van der Waals surface area contributed by atoms with Crippen molar-refractivity contribution in [3.05, 3.63) is 0 Å². The van der Waals surface area contributed by atoms with Gasteiger partial charge in [0.2, 0.25) is 0 Å². The predicted molar refractivity (Wildman–Crippen MR) is 77.5 cm³/mol. The Labute approximate surface area is 117 Å². The van der Waals surface area contributed by atoms with Crippen LogP contribution in [0, 0.1) is 23.2 Å². The lowest BCUT2D eigenvalue weighted by atomic mass is 9.43. The van der Waals surface area contributed by atoms with Gasteiger partial charge in [0.15, 0.2) is 0 Å². The highest BCUT2D eigenvalue weighted by molar-refractivity contribution is 6.47. The first kappa shape index (κ1) is 13.9. The van der Waals surface area contributed by atoms with Crippen LogP contribution >= 0.6 is 0 Å². The van der Waals surface area contributed by atoms with Crippen LogP contribution in [0.5, 0.6) is 0 Å². The molecule has 0 unspecified atom stereocenters. The van der Waals surface area contributed by atoms with Gasteiger partial charge in [0.05, 0.1) is 11.7 Å². The van der Waals surface area contributed by atoms with E-state index in [-0.39, 0.29) is 24.8 Å². The Bertz CT molecular complexity index is 375. The van der Waals surface area contributed by atoms with Crippen LogP contribution in [0.15, 0.2) is 0 Å². The van der Waals surface area contributed by atoms with E-state index in [9.17, 15) is 0 Å². The normalized spacial score (nSPS) is 46.4. The van der Waals surface area contributed by atoms with E-state index in [0.29, 0.717) is 17.3 Å². The summed E-state index contributed by atoms with van der Waals surface area (Å²) in [5.41, 5.74) is 6.61. The maximum atomic E-state index is 6.38. The quantitative estimate of drug-likeness (QED) is 0.798. The Morgan fingerprint density at radius 1 is 1.32 bits per heavy atom. The minimum Gasteiger partial charge on any atom is -0.404 e. The van der Waals surface area contributed by atoms with Crippen molar-refractivity contribution in [2.45, 2.75) is 71.5 Å². The molecule has 19 heavy (non-hydrogen) atoms. The molecule has 1 aliphatic heterocycles. The summed E-state index contributed by atoms with van der Waals surface area (Å²) in [6.45, 7) is 11.4. The molecule has 0 radical (unpaired) electrons. The third-order valence-corrected chi connectivity index (χ3v) is 6.58. The van der Waals surface area contributed by atoms with Gasteiger partial charge in [0.25, 0.3) is 0 Å². The molecule has 1 saturated heterocycles. The summed E-state index contributed by atoms with van der Waals surface area (Å²) < 4.78 is 12.6. The Morgan fingerprint density at radius 3 is 2.58 bits per heavy atom. The van der Waals surface area contributed by atoms with E-state index in [1.165, 1.54) is 6.42 Å². The molecule has 0 amide bonds. The molecule has 1 heterocycles. The average Bonchev–Trinajstić information content (AvgIpc) is 2.73. The SMILES string of the molecule is CC[C@@H](C)[C@H](N)B1O[C@@H]2C[C@@H]3C[C@@H](C3(C)C)[C@]2(C)O1. The van der Waals surface area contributed by atoms with Gasteiger partial charge >= 0.3 is 7.12 Å². The molecule has 0 spiro atoms. The lowest BCUT2D eigenvalue weighted by molar-refractivity contribution is -0.199. The molecule has 108 valence electrons. The molecule has 2 bridgehead atoms. The number of nitrogens with two attached hydrogens (primary N) is 1. The number of hydrogen-bond donors (Lipinski definition) is 1. The fourth-order valence-electron chi connectivity index (χ4n) is 4.60. The molecule has 3 nitrogen and oxygen atoms in total. The second kappa shape index (κ2) is 4.22. The van der Waals surface area contributed by atoms with E-state index in [2.05, 4.69) is 34.6 Å². The van der Waals surface area contributed by atoms with Gasteiger partial charge in [-0.2, -0.15) is 0 Å². The van der Waals surface area contributed by atoms with Crippen molar-refractivity contribution < 1.29 is 9.31 Å². The van der Waals surface area contributed by atoms with Gasteiger partial charge < -0.3 is 15.0 Å². The molecule has 0 aromatic heterocycles. The smallest absolute Gasteiger partial charge is 0.404 e. The van der Waals surface area contributed by atoms with Crippen LogP contribution in [0.2, 0.25) is 0 Å². The van der Waals surface area contributed by atoms with Crippen LogP contribution in [-0.2, 0) is 9.31 Å². The minimum absolute atomic E-state index is 0.00672. The molecule has 6 atom stereocenters. The van der Waals surface area contributed by atoms with Crippen molar-refractivity contribution in [1.29, 1.82) is 0 Å². The molecule has 4 fully saturated rings. The average molecular weight is 265 g/mol. The van der Waals surface area contributed by atoms with Crippen LogP contribution in [0.3, 0.4) is 0 Å². The van der Waals surface area contributed by atoms with Crippen molar-refractivity contribution in [2.75, 3.05) is 0 Å². The first-order valence-electron chi connectivity index (χ1n) is 7.89. The summed E-state index contributed by atoms with van der Waals surface area (Å²) in [5, 5.41) is 0. The van der Waals surface area contributed by atoms with E-state index >= 15 is 0 Å². The first-order chi connectivity index (χ1) is 8.80. The van der Waals surface area contributed by atoms with Crippen LogP contribution in [-0.4, -0.2) is 24.8 Å². The van der Waals surface area contributed by atoms with Gasteiger partial charge in [-0.25, -0.2) is 0 Å². The Kier molecular flexibility index (Phi) is 3.09. The summed E-state index contributed by atoms with van der Waals surface area (Å²) in [5.74, 6) is 1.86. The Balaban J connectivity index is 1.77. The van der Waals surface area contributed by atoms with E-state index in [4.69, 9.17) is 15.0 Å². The summed E-state index contributed by atoms with van der Waals surface area (Å²) in [4.78, 5) is 0. The van der Waals surface area contributed by atoms with Gasteiger partial charge in [-0.1, -0.05) is 34.1 Å². The topological polar surface area (TPSA) is 44.5 Å². The zero-order chi connectivity index (χ0) is 14.0. The van der Waals surface area contributed by atoms with Crippen LogP contribution in [0.4, 0.5) is 0 Å². The van der Waals surface area contributed by atoms with Crippen LogP contribution < -0.4 is 5.73 Å². The summed E-state index contributed by atoms with van der Waals surface area (Å²) in [6, 6.07) is 0. The zero-order valence-corrected chi connectivity index (χ0v) is 13.0. The fourth-order valence-corrected chi connectivity index (χ4v) is 4.60. The first-order valence-corrected chi connectivity index (χ1v) is 7.89. The molecular weight excluding hydrogens is 237 g/mol. The van der Waals surface area contributed by atoms with Crippen molar-refractivity contribution >= 4 is 7.12 Å². The second-order valence-corrected chi connectivity index (χ2v) is 7.80. The highest BCUT2D eigenvalue weighted by Gasteiger charge is 2.68. The zero-order valence-electron chi connectivity index (χ0n) is 13.0. The third kappa shape index (κ3) is 1.76. The monoisotopic (exact) mass is 265 g/mol. The lowest BCUT2D eigenvalue weighted by Crippen LogP contribution is -2.65. The van der Waals surface area contributed by atoms with Crippen LogP contribution in [0.1, 0.15) is 53.9 Å². The number of rotatable bonds is 3. The standard InChI is InChI=1S/C15H28BNO2/c1-6-9(2)13(17)16-18-12-8-10-7-11(14(10,3)4)15(12,5)19-16/h9-13H,6-8,17H2,1-5H3/t9-,10+,11+,12-,13+,15+/m1/s1. The minimum atomic E-state index is -0.208. The molecule has 3 saturated carbocycles. The molecule has 4 heteroatoms. The highest BCUT2D eigenvalue weighted by Crippen LogP contribution is 2.65. The largest absolute Gasteiger partial charge is 0.475 e. The second-order valence-electron chi connectivity index (χ2n) is 7.80. The predicted octanol–water partition coefficient (Wildman–Crippen LogP) is 2.63. The highest BCUT2D eigenvalue weighted by atomic mass is 16.7. The third-order valence-electron chi connectivity index (χ3n) is 6.58. The van der Waals surface area contributed by atoms with E-state index < -0.39 is 0 Å². The molecule has 0 aromatic rings. The van der Waals surface area contributed by atoms with Crippen molar-refractivity contribution in [3.63, 3.8) is 0 Å². The number of hydrogen-bond acceptors (Lipinski definition) is 3. The molecule has 2 N–H and O–H groups in total. The summed E-state index contributed by atoms with van der Waals surface area (Å²) in [6.07, 6.45) is 3.77. The van der Waals surface area contributed by atoms with E-state index in [1.54, 1.807) is 0 Å². The maximum Gasteiger partial charge on any atom is 0.475 e. The van der Waals surface area contributed by atoms with Gasteiger partial charge in [0, 0.05) is 5.94 Å². The Morgan fingerprint density at radius 2 is 2.00 bits per heavy atom. The van der Waals surface area contributed by atoms with Crippen molar-refractivity contribution in [3.8, 4) is 0 Å². The molecule has 3 aliphatic carbocycles. The fraction of sp³-hybridized carbons (Fsp3) is 1.00.